The number of hydrogen-bond donors (Lipinski definition) is 3. The maximum absolute atomic E-state index is 13.1. The van der Waals surface area contributed by atoms with Gasteiger partial charge in [0.2, 0.25) is 15.9 Å². The highest BCUT2D eigenvalue weighted by atomic mass is 32.2. The molecule has 3 N–H and O–H groups in total. The fourth-order valence-corrected chi connectivity index (χ4v) is 5.22. The normalized spacial score (nSPS) is 14.4. The van der Waals surface area contributed by atoms with Crippen LogP contribution in [-0.4, -0.2) is 25.9 Å². The molecule has 1 aliphatic heterocycles. The Balaban J connectivity index is 1.46. The van der Waals surface area contributed by atoms with E-state index in [-0.39, 0.29) is 29.7 Å². The highest BCUT2D eigenvalue weighted by Gasteiger charge is 2.24. The van der Waals surface area contributed by atoms with Crippen molar-refractivity contribution in [2.75, 3.05) is 11.9 Å². The van der Waals surface area contributed by atoms with Crippen LogP contribution in [0.2, 0.25) is 0 Å². The Morgan fingerprint density at radius 1 is 0.968 bits per heavy atom. The lowest BCUT2D eigenvalue weighted by Crippen LogP contribution is -2.29. The SMILES string of the molecule is O=C1Cc2cc(S(=O)(=O)NCC(c3ccccc3)c3c[nH]c4ccccc34)ccc2N1. The second kappa shape index (κ2) is 7.68. The summed E-state index contributed by atoms with van der Waals surface area (Å²) in [4.78, 5) is 15.0. The molecule has 6 nitrogen and oxygen atoms in total. The highest BCUT2D eigenvalue weighted by Crippen LogP contribution is 2.31. The minimum absolute atomic E-state index is 0.124. The van der Waals surface area contributed by atoms with Crippen LogP contribution in [0.4, 0.5) is 5.69 Å². The molecule has 2 heterocycles. The third kappa shape index (κ3) is 3.73. The Morgan fingerprint density at radius 3 is 2.58 bits per heavy atom. The van der Waals surface area contributed by atoms with Gasteiger partial charge in [0.1, 0.15) is 0 Å². The summed E-state index contributed by atoms with van der Waals surface area (Å²) in [6, 6.07) is 22.6. The summed E-state index contributed by atoms with van der Waals surface area (Å²) in [5, 5.41) is 3.79. The summed E-state index contributed by atoms with van der Waals surface area (Å²) in [6.07, 6.45) is 2.14. The van der Waals surface area contributed by atoms with E-state index in [0.29, 0.717) is 11.3 Å². The molecule has 1 atom stereocenters. The van der Waals surface area contributed by atoms with Gasteiger partial charge in [-0.05, 0) is 41.0 Å². The van der Waals surface area contributed by atoms with Crippen molar-refractivity contribution in [2.45, 2.75) is 17.2 Å². The van der Waals surface area contributed by atoms with Gasteiger partial charge in [-0.2, -0.15) is 0 Å². The molecule has 1 unspecified atom stereocenters. The standard InChI is InChI=1S/C24H21N3O3S/c28-24-13-17-12-18(10-11-22(17)27-24)31(29,30)26-15-20(16-6-2-1-3-7-16)21-14-25-23-9-5-4-8-19(21)23/h1-12,14,20,25-26H,13,15H2,(H,27,28). The van der Waals surface area contributed by atoms with Crippen molar-refractivity contribution in [2.24, 2.45) is 0 Å². The van der Waals surface area contributed by atoms with E-state index in [4.69, 9.17) is 0 Å². The largest absolute Gasteiger partial charge is 0.361 e. The molecule has 0 saturated carbocycles. The second-order valence-corrected chi connectivity index (χ2v) is 9.42. The summed E-state index contributed by atoms with van der Waals surface area (Å²) in [5.41, 5.74) is 4.44. The molecule has 156 valence electrons. The van der Waals surface area contributed by atoms with Gasteiger partial charge in [-0.25, -0.2) is 13.1 Å². The van der Waals surface area contributed by atoms with Gasteiger partial charge >= 0.3 is 0 Å². The molecule has 0 saturated heterocycles. The van der Waals surface area contributed by atoms with Crippen molar-refractivity contribution >= 4 is 32.5 Å². The van der Waals surface area contributed by atoms with E-state index in [1.807, 2.05) is 60.8 Å². The molecule has 0 radical (unpaired) electrons. The molecule has 0 spiro atoms. The number of hydrogen-bond acceptors (Lipinski definition) is 3. The molecule has 1 amide bonds. The van der Waals surface area contributed by atoms with Crippen LogP contribution >= 0.6 is 0 Å². The molecule has 0 bridgehead atoms. The molecule has 5 rings (SSSR count). The maximum Gasteiger partial charge on any atom is 0.240 e. The number of H-pyrrole nitrogens is 1. The van der Waals surface area contributed by atoms with Gasteiger partial charge in [0.05, 0.1) is 11.3 Å². The van der Waals surface area contributed by atoms with Gasteiger partial charge in [0, 0.05) is 35.2 Å². The molecule has 1 aromatic heterocycles. The number of anilines is 1. The number of aromatic amines is 1. The Bertz CT molecular complexity index is 1380. The quantitative estimate of drug-likeness (QED) is 0.434. The lowest BCUT2D eigenvalue weighted by Gasteiger charge is -2.18. The van der Waals surface area contributed by atoms with Crippen molar-refractivity contribution < 1.29 is 13.2 Å². The summed E-state index contributed by atoms with van der Waals surface area (Å²) >= 11 is 0. The molecular weight excluding hydrogens is 410 g/mol. The third-order valence-corrected chi connectivity index (χ3v) is 7.11. The van der Waals surface area contributed by atoms with Gasteiger partial charge in [-0.1, -0.05) is 48.5 Å². The van der Waals surface area contributed by atoms with Crippen molar-refractivity contribution in [3.8, 4) is 0 Å². The van der Waals surface area contributed by atoms with Crippen LogP contribution in [0.3, 0.4) is 0 Å². The molecular formula is C24H21N3O3S. The smallest absolute Gasteiger partial charge is 0.240 e. The summed E-state index contributed by atoms with van der Waals surface area (Å²) in [7, 11) is -3.75. The summed E-state index contributed by atoms with van der Waals surface area (Å²) in [6.45, 7) is 0.211. The number of sulfonamides is 1. The number of aromatic nitrogens is 1. The van der Waals surface area contributed by atoms with E-state index in [1.165, 1.54) is 6.07 Å². The lowest BCUT2D eigenvalue weighted by atomic mass is 9.91. The first-order valence-corrected chi connectivity index (χ1v) is 11.5. The zero-order valence-electron chi connectivity index (χ0n) is 16.6. The number of rotatable bonds is 6. The molecule has 4 aromatic rings. The first-order chi connectivity index (χ1) is 15.0. The fraction of sp³-hybridized carbons (Fsp3) is 0.125. The van der Waals surface area contributed by atoms with Crippen molar-refractivity contribution in [3.05, 3.63) is 95.7 Å². The van der Waals surface area contributed by atoms with Crippen LogP contribution in [-0.2, 0) is 21.2 Å². The third-order valence-electron chi connectivity index (χ3n) is 5.69. The van der Waals surface area contributed by atoms with E-state index in [1.54, 1.807) is 12.1 Å². The minimum atomic E-state index is -3.75. The average molecular weight is 432 g/mol. The number of carbonyl (C=O) groups is 1. The minimum Gasteiger partial charge on any atom is -0.361 e. The van der Waals surface area contributed by atoms with Crippen LogP contribution in [0, 0.1) is 0 Å². The highest BCUT2D eigenvalue weighted by molar-refractivity contribution is 7.89. The number of carbonyl (C=O) groups excluding carboxylic acids is 1. The number of amides is 1. The van der Waals surface area contributed by atoms with E-state index < -0.39 is 10.0 Å². The monoisotopic (exact) mass is 431 g/mol. The van der Waals surface area contributed by atoms with Crippen LogP contribution in [0.15, 0.2) is 83.9 Å². The fourth-order valence-electron chi connectivity index (χ4n) is 4.12. The van der Waals surface area contributed by atoms with Crippen LogP contribution in [0.25, 0.3) is 10.9 Å². The number of fused-ring (bicyclic) bond motifs is 2. The van der Waals surface area contributed by atoms with Gasteiger partial charge in [0.25, 0.3) is 0 Å². The van der Waals surface area contributed by atoms with Gasteiger partial charge in [-0.15, -0.1) is 0 Å². The van der Waals surface area contributed by atoms with Crippen molar-refractivity contribution in [1.29, 1.82) is 0 Å². The summed E-state index contributed by atoms with van der Waals surface area (Å²) in [5.74, 6) is -0.286. The predicted molar refractivity (Wildman–Crippen MR) is 121 cm³/mol. The van der Waals surface area contributed by atoms with Crippen molar-refractivity contribution in [3.63, 3.8) is 0 Å². The summed E-state index contributed by atoms with van der Waals surface area (Å²) < 4.78 is 28.9. The molecule has 1 aliphatic rings. The van der Waals surface area contributed by atoms with E-state index in [0.717, 1.165) is 22.0 Å². The number of nitrogens with one attached hydrogen (secondary N) is 3. The molecule has 3 aromatic carbocycles. The first kappa shape index (κ1) is 19.5. The zero-order valence-corrected chi connectivity index (χ0v) is 17.4. The van der Waals surface area contributed by atoms with Gasteiger partial charge in [-0.3, -0.25) is 4.79 Å². The van der Waals surface area contributed by atoms with Crippen LogP contribution in [0.5, 0.6) is 0 Å². The van der Waals surface area contributed by atoms with E-state index in [9.17, 15) is 13.2 Å². The van der Waals surface area contributed by atoms with Gasteiger partial charge in [0.15, 0.2) is 0 Å². The maximum atomic E-state index is 13.1. The van der Waals surface area contributed by atoms with Crippen molar-refractivity contribution in [1.82, 2.24) is 9.71 Å². The molecule has 0 aliphatic carbocycles. The lowest BCUT2D eigenvalue weighted by molar-refractivity contribution is -0.115. The Labute approximate surface area is 180 Å². The predicted octanol–water partition coefficient (Wildman–Crippen LogP) is 3.77. The van der Waals surface area contributed by atoms with E-state index >= 15 is 0 Å². The van der Waals surface area contributed by atoms with E-state index in [2.05, 4.69) is 15.0 Å². The van der Waals surface area contributed by atoms with Crippen LogP contribution < -0.4 is 10.0 Å². The van der Waals surface area contributed by atoms with Crippen LogP contribution in [0.1, 0.15) is 22.6 Å². The Morgan fingerprint density at radius 2 is 1.74 bits per heavy atom. The molecule has 7 heteroatoms. The average Bonchev–Trinajstić information content (AvgIpc) is 3.37. The Kier molecular flexibility index (Phi) is 4.84. The Hall–Kier alpha value is -3.42. The topological polar surface area (TPSA) is 91.1 Å². The number of para-hydroxylation sites is 1. The number of benzene rings is 3. The van der Waals surface area contributed by atoms with Gasteiger partial charge < -0.3 is 10.3 Å². The molecule has 31 heavy (non-hydrogen) atoms. The molecule has 0 fully saturated rings. The zero-order chi connectivity index (χ0) is 21.4. The second-order valence-electron chi connectivity index (χ2n) is 7.65. The first-order valence-electron chi connectivity index (χ1n) is 10.0.